The van der Waals surface area contributed by atoms with Crippen LogP contribution >= 0.6 is 15.9 Å². The van der Waals surface area contributed by atoms with E-state index in [2.05, 4.69) is 32.1 Å². The summed E-state index contributed by atoms with van der Waals surface area (Å²) in [5.74, 6) is 0.814. The number of pyridine rings is 1. The van der Waals surface area contributed by atoms with E-state index in [1.54, 1.807) is 15.6 Å². The molecule has 9 nitrogen and oxygen atoms in total. The van der Waals surface area contributed by atoms with Crippen molar-refractivity contribution in [2.24, 2.45) is 0 Å². The van der Waals surface area contributed by atoms with Crippen molar-refractivity contribution in [1.29, 1.82) is 0 Å². The molecule has 1 fully saturated rings. The molecule has 0 spiro atoms. The Hall–Kier alpha value is -3.24. The van der Waals surface area contributed by atoms with Gasteiger partial charge in [0.2, 0.25) is 11.8 Å². The number of benzene rings is 1. The largest absolute Gasteiger partial charge is 0.473 e. The maximum Gasteiger partial charge on any atom is 0.248 e. The first-order valence-corrected chi connectivity index (χ1v) is 11.5. The first kappa shape index (κ1) is 21.6. The normalized spacial score (nSPS) is 14.8. The zero-order valence-electron chi connectivity index (χ0n) is 18.1. The molecule has 0 bridgehead atoms. The van der Waals surface area contributed by atoms with Crippen molar-refractivity contribution >= 4 is 44.2 Å². The van der Waals surface area contributed by atoms with Gasteiger partial charge in [-0.05, 0) is 28.1 Å². The monoisotopic (exact) mass is 510 g/mol. The van der Waals surface area contributed by atoms with Gasteiger partial charge >= 0.3 is 0 Å². The molecule has 1 saturated heterocycles. The summed E-state index contributed by atoms with van der Waals surface area (Å²) in [5, 5.41) is 5.46. The zero-order chi connectivity index (χ0) is 22.9. The zero-order valence-corrected chi connectivity index (χ0v) is 19.7. The minimum absolute atomic E-state index is 0.00573. The highest BCUT2D eigenvalue weighted by Gasteiger charge is 2.26. The third-order valence-corrected chi connectivity index (χ3v) is 6.58. The number of likely N-dealkylation sites (tertiary alicyclic amines) is 1. The molecule has 0 radical (unpaired) electrons. The van der Waals surface area contributed by atoms with Crippen LogP contribution in [0, 0.1) is 0 Å². The number of ether oxygens (including phenoxy) is 2. The topological polar surface area (TPSA) is 108 Å². The van der Waals surface area contributed by atoms with Crippen LogP contribution in [-0.4, -0.2) is 63.3 Å². The quantitative estimate of drug-likeness (QED) is 0.438. The Kier molecular flexibility index (Phi) is 5.86. The van der Waals surface area contributed by atoms with Gasteiger partial charge in [0.15, 0.2) is 5.65 Å². The van der Waals surface area contributed by atoms with Crippen LogP contribution in [0.5, 0.6) is 5.88 Å². The van der Waals surface area contributed by atoms with Crippen LogP contribution in [-0.2, 0) is 9.53 Å². The standard InChI is InChI=1S/C23H23BrN6O3/c1-32-13-19(31)29-8-6-16(7-9-29)33-23-20(24)21(25)30-22(28-23)17(12-27-30)15-10-14-4-2-3-5-18(14)26-11-15/h2-5,10-12,16H,6-9,13,25H2,1H3. The second kappa shape index (κ2) is 8.95. The lowest BCUT2D eigenvalue weighted by Gasteiger charge is -2.32. The van der Waals surface area contributed by atoms with Crippen LogP contribution in [0.4, 0.5) is 5.82 Å². The molecule has 1 aliphatic rings. The molecule has 10 heteroatoms. The summed E-state index contributed by atoms with van der Waals surface area (Å²) in [6.07, 6.45) is 4.88. The number of para-hydroxylation sites is 1. The molecule has 1 aromatic carbocycles. The molecule has 2 N–H and O–H groups in total. The summed E-state index contributed by atoms with van der Waals surface area (Å²) in [6, 6.07) is 10.0. The average molecular weight is 511 g/mol. The molecular formula is C23H23BrN6O3. The van der Waals surface area contributed by atoms with Crippen LogP contribution in [0.2, 0.25) is 0 Å². The summed E-state index contributed by atoms with van der Waals surface area (Å²) < 4.78 is 13.3. The number of hydrogen-bond acceptors (Lipinski definition) is 7. The molecule has 0 saturated carbocycles. The third kappa shape index (κ3) is 4.11. The van der Waals surface area contributed by atoms with Crippen molar-refractivity contribution in [3.8, 4) is 17.0 Å². The lowest BCUT2D eigenvalue weighted by Crippen LogP contribution is -2.43. The number of nitrogens with two attached hydrogens (primary N) is 1. The first-order chi connectivity index (χ1) is 16.0. The SMILES string of the molecule is COCC(=O)N1CCC(Oc2nc3c(-c4cnc5ccccc5c4)cnn3c(N)c2Br)CC1. The summed E-state index contributed by atoms with van der Waals surface area (Å²) in [7, 11) is 1.52. The number of carbonyl (C=O) groups excluding carboxylic acids is 1. The number of amides is 1. The van der Waals surface area contributed by atoms with Gasteiger partial charge in [0.1, 0.15) is 23.0 Å². The van der Waals surface area contributed by atoms with E-state index in [0.717, 1.165) is 22.0 Å². The van der Waals surface area contributed by atoms with Crippen LogP contribution < -0.4 is 10.5 Å². The van der Waals surface area contributed by atoms with Crippen molar-refractivity contribution in [2.45, 2.75) is 18.9 Å². The van der Waals surface area contributed by atoms with Gasteiger partial charge in [-0.3, -0.25) is 9.78 Å². The average Bonchev–Trinajstić information content (AvgIpc) is 3.26. The van der Waals surface area contributed by atoms with E-state index in [1.165, 1.54) is 7.11 Å². The van der Waals surface area contributed by atoms with Crippen LogP contribution in [0.1, 0.15) is 12.8 Å². The number of aromatic nitrogens is 4. The predicted octanol–water partition coefficient (Wildman–Crippen LogP) is 3.31. The number of nitrogens with zero attached hydrogens (tertiary/aromatic N) is 5. The van der Waals surface area contributed by atoms with Gasteiger partial charge in [0.25, 0.3) is 0 Å². The molecule has 0 unspecified atom stereocenters. The summed E-state index contributed by atoms with van der Waals surface area (Å²) in [6.45, 7) is 1.32. The number of piperidine rings is 1. The fourth-order valence-electron chi connectivity index (χ4n) is 4.07. The molecule has 5 rings (SSSR count). The number of fused-ring (bicyclic) bond motifs is 2. The molecule has 33 heavy (non-hydrogen) atoms. The molecule has 3 aromatic heterocycles. The molecule has 4 heterocycles. The number of methoxy groups -OCH3 is 1. The highest BCUT2D eigenvalue weighted by Crippen LogP contribution is 2.35. The Bertz CT molecular complexity index is 1330. The van der Waals surface area contributed by atoms with Crippen molar-refractivity contribution in [1.82, 2.24) is 24.5 Å². The van der Waals surface area contributed by atoms with Crippen molar-refractivity contribution < 1.29 is 14.3 Å². The maximum atomic E-state index is 12.0. The number of carbonyl (C=O) groups is 1. The minimum atomic E-state index is -0.0732. The molecule has 1 aliphatic heterocycles. The van der Waals surface area contributed by atoms with E-state index in [-0.39, 0.29) is 18.6 Å². The first-order valence-electron chi connectivity index (χ1n) is 10.7. The van der Waals surface area contributed by atoms with E-state index in [9.17, 15) is 4.79 Å². The highest BCUT2D eigenvalue weighted by atomic mass is 79.9. The molecular weight excluding hydrogens is 488 g/mol. The molecule has 1 amide bonds. The van der Waals surface area contributed by atoms with Gasteiger partial charge < -0.3 is 20.1 Å². The predicted molar refractivity (Wildman–Crippen MR) is 128 cm³/mol. The Morgan fingerprint density at radius 2 is 2.03 bits per heavy atom. The lowest BCUT2D eigenvalue weighted by molar-refractivity contribution is -0.136. The Labute approximate surface area is 198 Å². The van der Waals surface area contributed by atoms with E-state index < -0.39 is 0 Å². The van der Waals surface area contributed by atoms with E-state index in [4.69, 9.17) is 20.2 Å². The number of hydrogen-bond donors (Lipinski definition) is 1. The molecule has 170 valence electrons. The van der Waals surface area contributed by atoms with Gasteiger partial charge in [-0.25, -0.2) is 0 Å². The molecule has 0 aliphatic carbocycles. The van der Waals surface area contributed by atoms with E-state index >= 15 is 0 Å². The summed E-state index contributed by atoms with van der Waals surface area (Å²) in [4.78, 5) is 23.1. The van der Waals surface area contributed by atoms with Crippen LogP contribution in [0.15, 0.2) is 47.2 Å². The maximum absolute atomic E-state index is 12.0. The summed E-state index contributed by atoms with van der Waals surface area (Å²) in [5.41, 5.74) is 9.58. The second-order valence-corrected chi connectivity index (χ2v) is 8.75. The van der Waals surface area contributed by atoms with Gasteiger partial charge in [-0.1, -0.05) is 18.2 Å². The van der Waals surface area contributed by atoms with Crippen LogP contribution in [0.3, 0.4) is 0 Å². The van der Waals surface area contributed by atoms with Gasteiger partial charge in [0, 0.05) is 55.8 Å². The Morgan fingerprint density at radius 1 is 1.24 bits per heavy atom. The molecule has 4 aromatic rings. The van der Waals surface area contributed by atoms with Gasteiger partial charge in [-0.15, -0.1) is 0 Å². The lowest BCUT2D eigenvalue weighted by atomic mass is 10.1. The van der Waals surface area contributed by atoms with Gasteiger partial charge in [-0.2, -0.15) is 14.6 Å². The van der Waals surface area contributed by atoms with Crippen molar-refractivity contribution in [3.63, 3.8) is 0 Å². The van der Waals surface area contributed by atoms with Crippen molar-refractivity contribution in [2.75, 3.05) is 32.5 Å². The third-order valence-electron chi connectivity index (χ3n) is 5.83. The number of anilines is 1. The second-order valence-electron chi connectivity index (χ2n) is 7.96. The fourth-order valence-corrected chi connectivity index (χ4v) is 4.42. The van der Waals surface area contributed by atoms with Crippen molar-refractivity contribution in [3.05, 3.63) is 47.2 Å². The van der Waals surface area contributed by atoms with Gasteiger partial charge in [0.05, 0.1) is 11.7 Å². The molecule has 0 atom stereocenters. The van der Waals surface area contributed by atoms with E-state index in [1.807, 2.05) is 30.5 Å². The van der Waals surface area contributed by atoms with E-state index in [0.29, 0.717) is 47.7 Å². The number of rotatable bonds is 5. The Balaban J connectivity index is 1.43. The number of nitrogen functional groups attached to an aromatic ring is 1. The summed E-state index contributed by atoms with van der Waals surface area (Å²) >= 11 is 3.52. The number of halogens is 1. The van der Waals surface area contributed by atoms with Crippen LogP contribution in [0.25, 0.3) is 27.7 Å². The minimum Gasteiger partial charge on any atom is -0.473 e. The smallest absolute Gasteiger partial charge is 0.248 e. The Morgan fingerprint density at radius 3 is 2.82 bits per heavy atom. The fraction of sp³-hybridized carbons (Fsp3) is 0.304. The highest BCUT2D eigenvalue weighted by molar-refractivity contribution is 9.10.